The number of allylic oxidation sites excluding steroid dienone is 10. The van der Waals surface area contributed by atoms with E-state index >= 15 is 0 Å². The number of carbonyl (C=O) groups is 1. The van der Waals surface area contributed by atoms with E-state index in [4.69, 9.17) is 5.11 Å². The average molecular weight is 359 g/mol. The van der Waals surface area contributed by atoms with Gasteiger partial charge in [0.15, 0.2) is 0 Å². The zero-order valence-corrected chi connectivity index (χ0v) is 16.9. The van der Waals surface area contributed by atoms with Crippen LogP contribution >= 0.6 is 0 Å². The van der Waals surface area contributed by atoms with Crippen LogP contribution in [-0.2, 0) is 4.79 Å². The quantitative estimate of drug-likeness (QED) is 0.190. The van der Waals surface area contributed by atoms with E-state index < -0.39 is 5.97 Å². The van der Waals surface area contributed by atoms with Gasteiger partial charge >= 0.3 is 5.97 Å². The fourth-order valence-electron chi connectivity index (χ4n) is 2.27. The summed E-state index contributed by atoms with van der Waals surface area (Å²) < 4.78 is 0. The Balaban J connectivity index is 3.69. The third-order valence-electron chi connectivity index (χ3n) is 4.23. The van der Waals surface area contributed by atoms with Crippen LogP contribution in [0.3, 0.4) is 0 Å². The van der Waals surface area contributed by atoms with Crippen molar-refractivity contribution < 1.29 is 9.90 Å². The Morgan fingerprint density at radius 1 is 0.846 bits per heavy atom. The molecule has 0 bridgehead atoms. The molecule has 0 saturated carbocycles. The van der Waals surface area contributed by atoms with Crippen LogP contribution in [0.15, 0.2) is 60.8 Å². The summed E-state index contributed by atoms with van der Waals surface area (Å²) in [6.45, 7) is 6.66. The summed E-state index contributed by atoms with van der Waals surface area (Å²) in [5.74, 6) is 0.510. The molecule has 0 radical (unpaired) electrons. The summed E-state index contributed by atoms with van der Waals surface area (Å²) in [6.07, 6.45) is 29.2. The molecule has 2 heteroatoms. The monoisotopic (exact) mass is 358 g/mol. The Bertz CT molecular complexity index is 480. The van der Waals surface area contributed by atoms with Crippen LogP contribution in [0.5, 0.6) is 0 Å². The number of unbranched alkanes of at least 4 members (excludes halogenated alkanes) is 3. The van der Waals surface area contributed by atoms with Crippen LogP contribution in [-0.4, -0.2) is 11.1 Å². The topological polar surface area (TPSA) is 37.3 Å². The van der Waals surface area contributed by atoms with E-state index in [0.29, 0.717) is 18.3 Å². The van der Waals surface area contributed by atoms with Crippen molar-refractivity contribution in [2.24, 2.45) is 11.8 Å². The normalized spacial score (nSPS) is 15.2. The Labute approximate surface area is 161 Å². The third-order valence-corrected chi connectivity index (χ3v) is 4.23. The molecule has 0 aliphatic carbocycles. The predicted octanol–water partition coefficient (Wildman–Crippen LogP) is 7.26. The summed E-state index contributed by atoms with van der Waals surface area (Å²) in [7, 11) is 0. The highest BCUT2D eigenvalue weighted by atomic mass is 16.4. The molecule has 0 amide bonds. The van der Waals surface area contributed by atoms with E-state index in [1.807, 2.05) is 0 Å². The first kappa shape index (κ1) is 24.2. The van der Waals surface area contributed by atoms with Crippen LogP contribution in [0.2, 0.25) is 0 Å². The zero-order chi connectivity index (χ0) is 19.5. The van der Waals surface area contributed by atoms with Gasteiger partial charge in [-0.25, -0.2) is 0 Å². The van der Waals surface area contributed by atoms with Crippen LogP contribution < -0.4 is 0 Å². The minimum Gasteiger partial charge on any atom is -0.481 e. The van der Waals surface area contributed by atoms with Gasteiger partial charge in [-0.05, 0) is 43.9 Å². The number of carboxylic acids is 1. The highest BCUT2D eigenvalue weighted by Gasteiger charge is 1.95. The van der Waals surface area contributed by atoms with Gasteiger partial charge in [-0.3, -0.25) is 4.79 Å². The van der Waals surface area contributed by atoms with E-state index in [9.17, 15) is 4.79 Å². The highest BCUT2D eigenvalue weighted by Crippen LogP contribution is 2.07. The van der Waals surface area contributed by atoms with Crippen LogP contribution in [0.1, 0.15) is 72.1 Å². The van der Waals surface area contributed by atoms with Crippen molar-refractivity contribution in [3.63, 3.8) is 0 Å². The van der Waals surface area contributed by atoms with E-state index in [2.05, 4.69) is 81.5 Å². The van der Waals surface area contributed by atoms with Gasteiger partial charge in [0.2, 0.25) is 0 Å². The van der Waals surface area contributed by atoms with Crippen molar-refractivity contribution in [1.29, 1.82) is 0 Å². The summed E-state index contributed by atoms with van der Waals surface area (Å²) in [6, 6.07) is 0. The number of aliphatic carboxylic acids is 1. The fourth-order valence-corrected chi connectivity index (χ4v) is 2.27. The van der Waals surface area contributed by atoms with Crippen LogP contribution in [0, 0.1) is 11.8 Å². The minimum atomic E-state index is -0.691. The second-order valence-corrected chi connectivity index (χ2v) is 6.92. The Morgan fingerprint density at radius 2 is 1.50 bits per heavy atom. The summed E-state index contributed by atoms with van der Waals surface area (Å²) >= 11 is 0. The molecule has 2 unspecified atom stereocenters. The zero-order valence-electron chi connectivity index (χ0n) is 16.9. The van der Waals surface area contributed by atoms with Gasteiger partial charge in [0.25, 0.3) is 0 Å². The van der Waals surface area contributed by atoms with Crippen molar-refractivity contribution in [1.82, 2.24) is 0 Å². The smallest absolute Gasteiger partial charge is 0.303 e. The Hall–Kier alpha value is -1.83. The van der Waals surface area contributed by atoms with Gasteiger partial charge in [-0.1, -0.05) is 94.4 Å². The van der Waals surface area contributed by atoms with Crippen molar-refractivity contribution in [3.05, 3.63) is 60.8 Å². The molecule has 0 rings (SSSR count). The summed E-state index contributed by atoms with van der Waals surface area (Å²) in [4.78, 5) is 10.4. The van der Waals surface area contributed by atoms with Gasteiger partial charge < -0.3 is 5.11 Å². The molecular weight excluding hydrogens is 320 g/mol. The molecule has 146 valence electrons. The second kappa shape index (κ2) is 18.0. The molecule has 0 aliphatic heterocycles. The third kappa shape index (κ3) is 18.5. The van der Waals surface area contributed by atoms with Gasteiger partial charge in [-0.15, -0.1) is 0 Å². The Kier molecular flexibility index (Phi) is 16.7. The van der Waals surface area contributed by atoms with Crippen molar-refractivity contribution >= 4 is 5.97 Å². The van der Waals surface area contributed by atoms with E-state index in [1.165, 1.54) is 6.42 Å². The highest BCUT2D eigenvalue weighted by molar-refractivity contribution is 5.66. The molecule has 0 heterocycles. The molecule has 0 aliphatic rings. The number of rotatable bonds is 15. The van der Waals surface area contributed by atoms with Gasteiger partial charge in [0.1, 0.15) is 0 Å². The number of hydrogen-bond acceptors (Lipinski definition) is 1. The maximum absolute atomic E-state index is 10.4. The van der Waals surface area contributed by atoms with Crippen LogP contribution in [0.25, 0.3) is 0 Å². The standard InChI is InChI=1S/C24H38O2/c1-4-22(2)18-14-12-13-16-20-23(3)19-15-10-8-6-5-7-9-11-17-21-24(25)26/h5-6,10,12-16,18,20,22-23H,4,7-9,11,17,19,21H2,1-3H3,(H,25,26)/b6-5-,13-12-,15-10-,18-14+,20-16+. The fraction of sp³-hybridized carbons (Fsp3) is 0.542. The molecule has 0 aromatic heterocycles. The first-order chi connectivity index (χ1) is 12.6. The number of hydrogen-bond donors (Lipinski definition) is 1. The molecule has 0 spiro atoms. The molecular formula is C24H38O2. The van der Waals surface area contributed by atoms with Crippen molar-refractivity contribution in [3.8, 4) is 0 Å². The Morgan fingerprint density at radius 3 is 2.15 bits per heavy atom. The molecule has 2 atom stereocenters. The summed E-state index contributed by atoms with van der Waals surface area (Å²) in [5, 5.41) is 8.55. The molecule has 1 N–H and O–H groups in total. The molecule has 26 heavy (non-hydrogen) atoms. The average Bonchev–Trinajstić information content (AvgIpc) is 2.61. The predicted molar refractivity (Wildman–Crippen MR) is 114 cm³/mol. The van der Waals surface area contributed by atoms with Crippen LogP contribution in [0.4, 0.5) is 0 Å². The van der Waals surface area contributed by atoms with Gasteiger partial charge in [-0.2, -0.15) is 0 Å². The van der Waals surface area contributed by atoms with Gasteiger partial charge in [0, 0.05) is 6.42 Å². The maximum atomic E-state index is 10.4. The lowest BCUT2D eigenvalue weighted by Gasteiger charge is -1.99. The van der Waals surface area contributed by atoms with E-state index in [1.54, 1.807) is 0 Å². The molecule has 0 aromatic rings. The largest absolute Gasteiger partial charge is 0.481 e. The minimum absolute atomic E-state index is 0.295. The lowest BCUT2D eigenvalue weighted by atomic mass is 10.1. The molecule has 0 aromatic carbocycles. The van der Waals surface area contributed by atoms with Gasteiger partial charge in [0.05, 0.1) is 0 Å². The molecule has 0 saturated heterocycles. The molecule has 2 nitrogen and oxygen atoms in total. The SMILES string of the molecule is CCC(C)/C=C/C=C\C=C\C(C)C/C=C\C/C=C\CCCCCC(=O)O. The summed E-state index contributed by atoms with van der Waals surface area (Å²) in [5.41, 5.74) is 0. The first-order valence-electron chi connectivity index (χ1n) is 10.1. The lowest BCUT2D eigenvalue weighted by Crippen LogP contribution is -1.93. The van der Waals surface area contributed by atoms with E-state index in [0.717, 1.165) is 38.5 Å². The lowest BCUT2D eigenvalue weighted by molar-refractivity contribution is -0.137. The molecule has 0 fully saturated rings. The van der Waals surface area contributed by atoms with Crippen molar-refractivity contribution in [2.45, 2.75) is 72.1 Å². The maximum Gasteiger partial charge on any atom is 0.303 e. The second-order valence-electron chi connectivity index (χ2n) is 6.92. The number of carboxylic acid groups (broad SMARTS) is 1. The first-order valence-corrected chi connectivity index (χ1v) is 10.1. The van der Waals surface area contributed by atoms with Crippen molar-refractivity contribution in [2.75, 3.05) is 0 Å². The van der Waals surface area contributed by atoms with E-state index in [-0.39, 0.29) is 0 Å².